The molecule has 2 aromatic rings. The molecule has 1 saturated carbocycles. The molecule has 0 spiro atoms. The number of nitriles is 1. The predicted octanol–water partition coefficient (Wildman–Crippen LogP) is 4.61. The molecule has 2 aliphatic rings. The Bertz CT molecular complexity index is 860. The molecule has 1 aromatic heterocycles. The van der Waals surface area contributed by atoms with Crippen molar-refractivity contribution in [1.29, 1.82) is 5.26 Å². The molecule has 0 bridgehead atoms. The summed E-state index contributed by atoms with van der Waals surface area (Å²) in [6.45, 7) is 3.07. The van der Waals surface area contributed by atoms with Gasteiger partial charge >= 0.3 is 0 Å². The highest BCUT2D eigenvalue weighted by Crippen LogP contribution is 2.52. The monoisotopic (exact) mass is 375 g/mol. The number of nitrogens with one attached hydrogen (secondary N) is 1. The van der Waals surface area contributed by atoms with Crippen molar-refractivity contribution in [2.75, 3.05) is 7.11 Å². The van der Waals surface area contributed by atoms with E-state index < -0.39 is 0 Å². The Balaban J connectivity index is 1.57. The van der Waals surface area contributed by atoms with Gasteiger partial charge in [-0.3, -0.25) is 4.98 Å². The zero-order chi connectivity index (χ0) is 19.6. The van der Waals surface area contributed by atoms with Crippen molar-refractivity contribution in [2.24, 2.45) is 11.8 Å². The number of pyridine rings is 1. The molecule has 0 unspecified atom stereocenters. The van der Waals surface area contributed by atoms with Gasteiger partial charge in [0.1, 0.15) is 5.75 Å². The van der Waals surface area contributed by atoms with Gasteiger partial charge in [0.25, 0.3) is 0 Å². The molecule has 4 nitrogen and oxygen atoms in total. The summed E-state index contributed by atoms with van der Waals surface area (Å²) in [6, 6.07) is 15.1. The molecule has 0 saturated heterocycles. The fraction of sp³-hybridized carbons (Fsp3) is 0.500. The maximum Gasteiger partial charge on any atom is 0.119 e. The van der Waals surface area contributed by atoms with E-state index in [-0.39, 0.29) is 5.54 Å². The van der Waals surface area contributed by atoms with Crippen LogP contribution in [0.1, 0.15) is 55.3 Å². The highest BCUT2D eigenvalue weighted by molar-refractivity contribution is 5.40. The van der Waals surface area contributed by atoms with Gasteiger partial charge in [-0.2, -0.15) is 5.26 Å². The summed E-state index contributed by atoms with van der Waals surface area (Å²) >= 11 is 0. The van der Waals surface area contributed by atoms with E-state index >= 15 is 0 Å². The number of rotatable bonds is 5. The second-order valence-corrected chi connectivity index (χ2v) is 8.47. The van der Waals surface area contributed by atoms with Crippen molar-refractivity contribution in [3.05, 3.63) is 59.4 Å². The smallest absolute Gasteiger partial charge is 0.119 e. The van der Waals surface area contributed by atoms with Crippen LogP contribution in [0.5, 0.6) is 5.75 Å². The normalized spacial score (nSPS) is 28.7. The molecule has 0 aliphatic heterocycles. The third-order valence-electron chi connectivity index (χ3n) is 7.03. The lowest BCUT2D eigenvalue weighted by Crippen LogP contribution is -2.55. The van der Waals surface area contributed by atoms with Crippen LogP contribution in [0, 0.1) is 23.2 Å². The van der Waals surface area contributed by atoms with Crippen molar-refractivity contribution in [3.8, 4) is 11.8 Å². The van der Waals surface area contributed by atoms with Gasteiger partial charge in [-0.1, -0.05) is 12.1 Å². The summed E-state index contributed by atoms with van der Waals surface area (Å²) < 4.78 is 5.42. The molecule has 1 N–H and O–H groups in total. The third kappa shape index (κ3) is 3.52. The van der Waals surface area contributed by atoms with Gasteiger partial charge in [0.05, 0.1) is 18.9 Å². The molecule has 4 heteroatoms. The van der Waals surface area contributed by atoms with Crippen LogP contribution in [0.15, 0.2) is 42.6 Å². The number of hydrogen-bond acceptors (Lipinski definition) is 4. The highest BCUT2D eigenvalue weighted by atomic mass is 16.5. The van der Waals surface area contributed by atoms with Crippen LogP contribution < -0.4 is 10.1 Å². The lowest BCUT2D eigenvalue weighted by Gasteiger charge is -2.52. The zero-order valence-corrected chi connectivity index (χ0v) is 16.8. The molecule has 4 atom stereocenters. The van der Waals surface area contributed by atoms with Gasteiger partial charge in [0, 0.05) is 24.7 Å². The summed E-state index contributed by atoms with van der Waals surface area (Å²) in [5.74, 6) is 2.41. The Morgan fingerprint density at radius 2 is 2.18 bits per heavy atom. The number of fused-ring (bicyclic) bond motifs is 3. The first-order chi connectivity index (χ1) is 13.6. The first-order valence-electron chi connectivity index (χ1n) is 10.3. The average Bonchev–Trinajstić information content (AvgIpc) is 2.74. The van der Waals surface area contributed by atoms with E-state index in [0.29, 0.717) is 24.2 Å². The zero-order valence-electron chi connectivity index (χ0n) is 16.8. The Morgan fingerprint density at radius 1 is 1.29 bits per heavy atom. The Morgan fingerprint density at radius 3 is 2.93 bits per heavy atom. The first-order valence-corrected chi connectivity index (χ1v) is 10.3. The number of hydrogen-bond donors (Lipinski definition) is 1. The average molecular weight is 376 g/mol. The molecular weight excluding hydrogens is 346 g/mol. The number of nitrogens with zero attached hydrogens (tertiary/aromatic N) is 2. The van der Waals surface area contributed by atoms with Crippen LogP contribution in [-0.2, 0) is 13.0 Å². The lowest BCUT2D eigenvalue weighted by atomic mass is 9.57. The van der Waals surface area contributed by atoms with Crippen LogP contribution in [0.2, 0.25) is 0 Å². The van der Waals surface area contributed by atoms with Gasteiger partial charge < -0.3 is 10.1 Å². The largest absolute Gasteiger partial charge is 0.497 e. The predicted molar refractivity (Wildman–Crippen MR) is 110 cm³/mol. The minimum atomic E-state index is -0.0294. The SMILES string of the molecule is COc1ccc2c(c1)CC[C@@H]1[C@@H]2CC[C@](C)(NCc2ccccn2)[C@H]1CC#N. The van der Waals surface area contributed by atoms with Gasteiger partial charge in [0.15, 0.2) is 0 Å². The molecule has 1 fully saturated rings. The van der Waals surface area contributed by atoms with E-state index in [1.807, 2.05) is 18.3 Å². The maximum absolute atomic E-state index is 9.58. The molecule has 0 radical (unpaired) electrons. The summed E-state index contributed by atoms with van der Waals surface area (Å²) in [6.07, 6.45) is 6.92. The van der Waals surface area contributed by atoms with Crippen LogP contribution >= 0.6 is 0 Å². The van der Waals surface area contributed by atoms with Gasteiger partial charge in [0.2, 0.25) is 0 Å². The third-order valence-corrected chi connectivity index (χ3v) is 7.03. The summed E-state index contributed by atoms with van der Waals surface area (Å²) in [7, 11) is 1.73. The molecule has 1 aromatic carbocycles. The van der Waals surface area contributed by atoms with E-state index in [4.69, 9.17) is 4.74 Å². The second-order valence-electron chi connectivity index (χ2n) is 8.47. The molecule has 2 aliphatic carbocycles. The van der Waals surface area contributed by atoms with E-state index in [0.717, 1.165) is 43.7 Å². The van der Waals surface area contributed by atoms with Crippen LogP contribution in [0.25, 0.3) is 0 Å². The lowest BCUT2D eigenvalue weighted by molar-refractivity contribution is 0.0691. The molecule has 1 heterocycles. The number of benzene rings is 1. The van der Waals surface area contributed by atoms with E-state index in [9.17, 15) is 5.26 Å². The number of aryl methyl sites for hydroxylation is 1. The van der Waals surface area contributed by atoms with Crippen LogP contribution in [0.4, 0.5) is 0 Å². The number of ether oxygens (including phenoxy) is 1. The molecule has 28 heavy (non-hydrogen) atoms. The minimum absolute atomic E-state index is 0.0294. The topological polar surface area (TPSA) is 57.9 Å². The Hall–Kier alpha value is -2.38. The van der Waals surface area contributed by atoms with E-state index in [1.165, 1.54) is 11.1 Å². The minimum Gasteiger partial charge on any atom is -0.497 e. The van der Waals surface area contributed by atoms with Gasteiger partial charge in [-0.05, 0) is 85.8 Å². The van der Waals surface area contributed by atoms with Crippen molar-refractivity contribution < 1.29 is 4.74 Å². The molecule has 146 valence electrons. The molecule has 0 amide bonds. The number of aromatic nitrogens is 1. The quantitative estimate of drug-likeness (QED) is 0.829. The maximum atomic E-state index is 9.58. The number of methoxy groups -OCH3 is 1. The summed E-state index contributed by atoms with van der Waals surface area (Å²) in [5, 5.41) is 13.4. The second kappa shape index (κ2) is 7.93. The fourth-order valence-corrected chi connectivity index (χ4v) is 5.50. The van der Waals surface area contributed by atoms with E-state index in [1.54, 1.807) is 7.11 Å². The van der Waals surface area contributed by atoms with Crippen LogP contribution in [0.3, 0.4) is 0 Å². The summed E-state index contributed by atoms with van der Waals surface area (Å²) in [4.78, 5) is 4.45. The van der Waals surface area contributed by atoms with Crippen molar-refractivity contribution in [3.63, 3.8) is 0 Å². The van der Waals surface area contributed by atoms with Crippen molar-refractivity contribution in [2.45, 2.75) is 57.0 Å². The van der Waals surface area contributed by atoms with Crippen molar-refractivity contribution >= 4 is 0 Å². The van der Waals surface area contributed by atoms with Gasteiger partial charge in [-0.25, -0.2) is 0 Å². The van der Waals surface area contributed by atoms with Crippen LogP contribution in [-0.4, -0.2) is 17.6 Å². The van der Waals surface area contributed by atoms with Gasteiger partial charge in [-0.15, -0.1) is 0 Å². The Kier molecular flexibility index (Phi) is 5.37. The molecule has 4 rings (SSSR count). The summed E-state index contributed by atoms with van der Waals surface area (Å²) in [5.41, 5.74) is 3.94. The standard InChI is InChI=1S/C24H29N3O/c1-24(27-16-18-5-3-4-14-26-18)12-10-21-20-9-7-19(28-2)15-17(20)6-8-22(21)23(24)11-13-25/h3-5,7,9,14-15,21-23,27H,6,8,10-12,16H2,1-2H3/t21-,22-,23+,24+/m1/s1. The Labute approximate surface area is 167 Å². The van der Waals surface area contributed by atoms with E-state index in [2.05, 4.69) is 47.6 Å². The first kappa shape index (κ1) is 19.0. The fourth-order valence-electron chi connectivity index (χ4n) is 5.50. The molecular formula is C24H29N3O. The van der Waals surface area contributed by atoms with Crippen molar-refractivity contribution in [1.82, 2.24) is 10.3 Å². The highest BCUT2D eigenvalue weighted by Gasteiger charge is 2.47.